The van der Waals surface area contributed by atoms with Crippen LogP contribution in [0.15, 0.2) is 0 Å². The summed E-state index contributed by atoms with van der Waals surface area (Å²) in [6.45, 7) is 5.44. The van der Waals surface area contributed by atoms with Crippen molar-refractivity contribution in [2.24, 2.45) is 11.7 Å². The molecule has 0 aliphatic heterocycles. The summed E-state index contributed by atoms with van der Waals surface area (Å²) in [6.07, 6.45) is 3.65. The molecule has 4 nitrogen and oxygen atoms in total. The van der Waals surface area contributed by atoms with Crippen LogP contribution in [0.1, 0.15) is 39.5 Å². The van der Waals surface area contributed by atoms with Crippen molar-refractivity contribution >= 4 is 5.97 Å². The summed E-state index contributed by atoms with van der Waals surface area (Å²) in [4.78, 5) is 11.8. The molecule has 4 heteroatoms. The zero-order valence-electron chi connectivity index (χ0n) is 10.3. The average Bonchev–Trinajstić information content (AvgIpc) is 2.23. The monoisotopic (exact) mass is 229 g/mol. The molecule has 0 radical (unpaired) electrons. The smallest absolute Gasteiger partial charge is 0.326 e. The van der Waals surface area contributed by atoms with Gasteiger partial charge in [-0.15, -0.1) is 0 Å². The predicted molar refractivity (Wildman–Crippen MR) is 62.0 cm³/mol. The van der Waals surface area contributed by atoms with Crippen molar-refractivity contribution in [2.45, 2.75) is 45.1 Å². The largest absolute Gasteiger partial charge is 0.462 e. The van der Waals surface area contributed by atoms with Crippen molar-refractivity contribution in [2.75, 3.05) is 19.8 Å². The zero-order valence-corrected chi connectivity index (χ0v) is 10.3. The highest BCUT2D eigenvalue weighted by Gasteiger charge is 2.39. The van der Waals surface area contributed by atoms with Gasteiger partial charge in [0.05, 0.1) is 6.61 Å². The summed E-state index contributed by atoms with van der Waals surface area (Å²) >= 11 is 0. The second-order valence-corrected chi connectivity index (χ2v) is 4.69. The molecule has 1 rings (SSSR count). The van der Waals surface area contributed by atoms with Crippen LogP contribution >= 0.6 is 0 Å². The van der Waals surface area contributed by atoms with Gasteiger partial charge in [0.2, 0.25) is 0 Å². The van der Waals surface area contributed by atoms with E-state index >= 15 is 0 Å². The van der Waals surface area contributed by atoms with E-state index in [1.807, 2.05) is 6.92 Å². The molecule has 1 aliphatic carbocycles. The van der Waals surface area contributed by atoms with Gasteiger partial charge in [0.1, 0.15) is 12.1 Å². The highest BCUT2D eigenvalue weighted by Crippen LogP contribution is 2.31. The molecule has 0 bridgehead atoms. The number of nitrogens with two attached hydrogens (primary N) is 1. The van der Waals surface area contributed by atoms with Crippen molar-refractivity contribution in [1.29, 1.82) is 0 Å². The fourth-order valence-corrected chi connectivity index (χ4v) is 2.26. The lowest BCUT2D eigenvalue weighted by molar-refractivity contribution is -0.153. The molecule has 2 unspecified atom stereocenters. The molecule has 1 saturated carbocycles. The molecule has 0 aromatic carbocycles. The molecule has 1 aliphatic rings. The van der Waals surface area contributed by atoms with Crippen molar-refractivity contribution in [1.82, 2.24) is 0 Å². The third kappa shape index (κ3) is 3.76. The average molecular weight is 229 g/mol. The van der Waals surface area contributed by atoms with Gasteiger partial charge in [-0.3, -0.25) is 4.79 Å². The Balaban J connectivity index is 2.33. The third-order valence-corrected chi connectivity index (χ3v) is 3.10. The molecule has 2 N–H and O–H groups in total. The van der Waals surface area contributed by atoms with Crippen molar-refractivity contribution in [3.63, 3.8) is 0 Å². The predicted octanol–water partition coefficient (Wildman–Crippen LogP) is 1.47. The number of carbonyl (C=O) groups is 1. The van der Waals surface area contributed by atoms with E-state index in [0.29, 0.717) is 25.7 Å². The second-order valence-electron chi connectivity index (χ2n) is 4.69. The quantitative estimate of drug-likeness (QED) is 0.573. The summed E-state index contributed by atoms with van der Waals surface area (Å²) in [5.74, 6) is 0.247. The van der Waals surface area contributed by atoms with Crippen LogP contribution in [-0.4, -0.2) is 31.3 Å². The SMILES string of the molecule is CCOCCOC(=O)C1(N)CCCC(C)C1. The lowest BCUT2D eigenvalue weighted by atomic mass is 9.77. The summed E-state index contributed by atoms with van der Waals surface area (Å²) in [5.41, 5.74) is 5.33. The number of ether oxygens (including phenoxy) is 2. The lowest BCUT2D eigenvalue weighted by Crippen LogP contribution is -2.52. The molecule has 16 heavy (non-hydrogen) atoms. The van der Waals surface area contributed by atoms with Gasteiger partial charge in [-0.05, 0) is 25.7 Å². The Labute approximate surface area is 97.5 Å². The Bertz CT molecular complexity index is 232. The fourth-order valence-electron chi connectivity index (χ4n) is 2.26. The van der Waals surface area contributed by atoms with E-state index in [9.17, 15) is 4.79 Å². The van der Waals surface area contributed by atoms with Crippen LogP contribution in [-0.2, 0) is 14.3 Å². The maximum Gasteiger partial charge on any atom is 0.326 e. The van der Waals surface area contributed by atoms with Gasteiger partial charge in [0, 0.05) is 6.61 Å². The van der Waals surface area contributed by atoms with E-state index in [4.69, 9.17) is 15.2 Å². The van der Waals surface area contributed by atoms with E-state index in [0.717, 1.165) is 25.7 Å². The molecular weight excluding hydrogens is 206 g/mol. The van der Waals surface area contributed by atoms with Gasteiger partial charge in [0.25, 0.3) is 0 Å². The minimum atomic E-state index is -0.760. The molecule has 0 saturated heterocycles. The Morgan fingerprint density at radius 2 is 2.25 bits per heavy atom. The molecule has 0 amide bonds. The van der Waals surface area contributed by atoms with Gasteiger partial charge in [-0.1, -0.05) is 19.8 Å². The molecule has 2 atom stereocenters. The minimum absolute atomic E-state index is 0.265. The maximum atomic E-state index is 11.8. The standard InChI is InChI=1S/C12H23NO3/c1-3-15-7-8-16-11(14)12(13)6-4-5-10(2)9-12/h10H,3-9,13H2,1-2H3. The first kappa shape index (κ1) is 13.5. The van der Waals surface area contributed by atoms with Crippen LogP contribution in [0.3, 0.4) is 0 Å². The highest BCUT2D eigenvalue weighted by molar-refractivity contribution is 5.80. The van der Waals surface area contributed by atoms with E-state index in [2.05, 4.69) is 6.92 Å². The first-order valence-electron chi connectivity index (χ1n) is 6.12. The topological polar surface area (TPSA) is 61.5 Å². The Morgan fingerprint density at radius 1 is 1.50 bits per heavy atom. The lowest BCUT2D eigenvalue weighted by Gasteiger charge is -2.34. The van der Waals surface area contributed by atoms with E-state index in [1.54, 1.807) is 0 Å². The Morgan fingerprint density at radius 3 is 2.88 bits per heavy atom. The van der Waals surface area contributed by atoms with E-state index in [1.165, 1.54) is 0 Å². The normalized spacial score (nSPS) is 30.1. The van der Waals surface area contributed by atoms with Crippen molar-refractivity contribution in [3.8, 4) is 0 Å². The second kappa shape index (κ2) is 6.21. The first-order chi connectivity index (χ1) is 7.58. The molecular formula is C12H23NO3. The number of rotatable bonds is 5. The van der Waals surface area contributed by atoms with Crippen LogP contribution < -0.4 is 5.73 Å². The summed E-state index contributed by atoms with van der Waals surface area (Å²) in [5, 5.41) is 0. The summed E-state index contributed by atoms with van der Waals surface area (Å²) < 4.78 is 10.3. The minimum Gasteiger partial charge on any atom is -0.462 e. The van der Waals surface area contributed by atoms with Crippen molar-refractivity contribution in [3.05, 3.63) is 0 Å². The molecule has 0 aromatic heterocycles. The van der Waals surface area contributed by atoms with Gasteiger partial charge in [0.15, 0.2) is 0 Å². The molecule has 94 valence electrons. The molecule has 1 fully saturated rings. The van der Waals surface area contributed by atoms with Gasteiger partial charge in [-0.25, -0.2) is 0 Å². The molecule has 0 aromatic rings. The summed E-state index contributed by atoms with van der Waals surface area (Å²) in [6, 6.07) is 0. The molecule has 0 heterocycles. The van der Waals surface area contributed by atoms with Crippen molar-refractivity contribution < 1.29 is 14.3 Å². The Hall–Kier alpha value is -0.610. The van der Waals surface area contributed by atoms with E-state index in [-0.39, 0.29) is 5.97 Å². The number of carbonyl (C=O) groups excluding carboxylic acids is 1. The van der Waals surface area contributed by atoms with E-state index < -0.39 is 5.54 Å². The maximum absolute atomic E-state index is 11.8. The van der Waals surface area contributed by atoms with Gasteiger partial charge in [-0.2, -0.15) is 0 Å². The van der Waals surface area contributed by atoms with Gasteiger partial charge < -0.3 is 15.2 Å². The van der Waals surface area contributed by atoms with Crippen LogP contribution in [0.5, 0.6) is 0 Å². The van der Waals surface area contributed by atoms with Gasteiger partial charge >= 0.3 is 5.97 Å². The van der Waals surface area contributed by atoms with Crippen LogP contribution in [0.25, 0.3) is 0 Å². The number of esters is 1. The highest BCUT2D eigenvalue weighted by atomic mass is 16.6. The first-order valence-corrected chi connectivity index (χ1v) is 6.12. The molecule has 0 spiro atoms. The van der Waals surface area contributed by atoms with Crippen LogP contribution in [0.4, 0.5) is 0 Å². The zero-order chi connectivity index (χ0) is 12.0. The number of hydrogen-bond donors (Lipinski definition) is 1. The number of hydrogen-bond acceptors (Lipinski definition) is 4. The fraction of sp³-hybridized carbons (Fsp3) is 0.917. The third-order valence-electron chi connectivity index (χ3n) is 3.10. The van der Waals surface area contributed by atoms with Crippen LogP contribution in [0, 0.1) is 5.92 Å². The van der Waals surface area contributed by atoms with Crippen LogP contribution in [0.2, 0.25) is 0 Å². The Kier molecular flexibility index (Phi) is 5.22. The summed E-state index contributed by atoms with van der Waals surface area (Å²) in [7, 11) is 0.